The van der Waals surface area contributed by atoms with Crippen LogP contribution in [0, 0.1) is 11.3 Å². The fourth-order valence-electron chi connectivity index (χ4n) is 2.18. The zero-order valence-electron chi connectivity index (χ0n) is 10.3. The number of nitrogens with two attached hydrogens (primary N) is 1. The Kier molecular flexibility index (Phi) is 4.68. The molecular weight excluding hydrogens is 242 g/mol. The molecule has 2 N–H and O–H groups in total. The van der Waals surface area contributed by atoms with Crippen molar-refractivity contribution >= 4 is 23.7 Å². The highest BCUT2D eigenvalue weighted by Crippen LogP contribution is 2.21. The van der Waals surface area contributed by atoms with Crippen molar-refractivity contribution in [1.29, 1.82) is 5.26 Å². The van der Waals surface area contributed by atoms with E-state index in [0.717, 1.165) is 30.6 Å². The number of anilines is 1. The summed E-state index contributed by atoms with van der Waals surface area (Å²) in [5.74, 6) is 0. The van der Waals surface area contributed by atoms with Crippen LogP contribution in [0.2, 0.25) is 0 Å². The molecule has 0 aliphatic carbocycles. The van der Waals surface area contributed by atoms with Crippen LogP contribution in [0.15, 0.2) is 29.2 Å². The first kappa shape index (κ1) is 13.0. The fraction of sp³-hybridized carbons (Fsp3) is 0.357. The van der Waals surface area contributed by atoms with E-state index in [1.165, 1.54) is 24.9 Å². The Balaban J connectivity index is 2.10. The van der Waals surface area contributed by atoms with Crippen LogP contribution >= 0.6 is 11.9 Å². The van der Waals surface area contributed by atoms with Gasteiger partial charge in [0.15, 0.2) is 0 Å². The Morgan fingerprint density at radius 3 is 2.44 bits per heavy atom. The van der Waals surface area contributed by atoms with Crippen LogP contribution in [-0.4, -0.2) is 13.1 Å². The Bertz CT molecular complexity index is 453. The lowest BCUT2D eigenvalue weighted by atomic mass is 10.1. The Morgan fingerprint density at radius 2 is 1.89 bits per heavy atom. The van der Waals surface area contributed by atoms with Crippen molar-refractivity contribution in [3.63, 3.8) is 0 Å². The first-order valence-electron chi connectivity index (χ1n) is 6.17. The quantitative estimate of drug-likeness (QED) is 0.669. The van der Waals surface area contributed by atoms with E-state index in [1.807, 2.05) is 18.2 Å². The molecule has 0 aromatic heterocycles. The minimum Gasteiger partial charge on any atom is -0.372 e. The van der Waals surface area contributed by atoms with E-state index < -0.39 is 0 Å². The maximum absolute atomic E-state index is 8.82. The number of nitriles is 1. The van der Waals surface area contributed by atoms with Crippen molar-refractivity contribution < 1.29 is 0 Å². The van der Waals surface area contributed by atoms with E-state index in [-0.39, 0.29) is 0 Å². The highest BCUT2D eigenvalue weighted by Gasteiger charge is 2.10. The molecule has 1 saturated heterocycles. The van der Waals surface area contributed by atoms with Crippen molar-refractivity contribution in [3.8, 4) is 6.07 Å². The third-order valence-corrected chi connectivity index (χ3v) is 3.61. The largest absolute Gasteiger partial charge is 0.372 e. The van der Waals surface area contributed by atoms with Gasteiger partial charge in [-0.1, -0.05) is 12.1 Å². The topological polar surface area (TPSA) is 53.0 Å². The van der Waals surface area contributed by atoms with E-state index in [4.69, 9.17) is 10.4 Å². The van der Waals surface area contributed by atoms with Crippen LogP contribution in [0.1, 0.15) is 24.8 Å². The summed E-state index contributed by atoms with van der Waals surface area (Å²) < 4.78 is 0. The summed E-state index contributed by atoms with van der Waals surface area (Å²) in [5.41, 5.74) is 2.29. The zero-order chi connectivity index (χ0) is 12.8. The summed E-state index contributed by atoms with van der Waals surface area (Å²) in [5, 5.41) is 14.2. The number of hydrogen-bond acceptors (Lipinski definition) is 4. The Morgan fingerprint density at radius 1 is 1.22 bits per heavy atom. The Labute approximate surface area is 112 Å². The molecule has 1 heterocycles. The molecule has 1 fully saturated rings. The van der Waals surface area contributed by atoms with E-state index in [1.54, 1.807) is 0 Å². The zero-order valence-corrected chi connectivity index (χ0v) is 11.1. The van der Waals surface area contributed by atoms with E-state index in [2.05, 4.69) is 23.1 Å². The molecular formula is C14H17N3S. The van der Waals surface area contributed by atoms with E-state index in [0.29, 0.717) is 4.91 Å². The number of allylic oxidation sites excluding steroid dienone is 1. The van der Waals surface area contributed by atoms with Crippen molar-refractivity contribution in [2.75, 3.05) is 18.0 Å². The van der Waals surface area contributed by atoms with Gasteiger partial charge >= 0.3 is 0 Å². The number of nitrogens with zero attached hydrogens (tertiary/aromatic N) is 2. The highest BCUT2D eigenvalue weighted by molar-refractivity contribution is 8.01. The van der Waals surface area contributed by atoms with Gasteiger partial charge in [-0.3, -0.25) is 5.14 Å². The monoisotopic (exact) mass is 259 g/mol. The predicted molar refractivity (Wildman–Crippen MR) is 77.9 cm³/mol. The molecule has 3 nitrogen and oxygen atoms in total. The smallest absolute Gasteiger partial charge is 0.107 e. The summed E-state index contributed by atoms with van der Waals surface area (Å²) in [6, 6.07) is 10.4. The van der Waals surface area contributed by atoms with Crippen LogP contribution in [-0.2, 0) is 0 Å². The first-order valence-corrected chi connectivity index (χ1v) is 7.05. The second-order valence-electron chi connectivity index (χ2n) is 4.38. The number of hydrogen-bond donors (Lipinski definition) is 1. The molecule has 94 valence electrons. The maximum Gasteiger partial charge on any atom is 0.107 e. The van der Waals surface area contributed by atoms with Crippen molar-refractivity contribution in [3.05, 3.63) is 34.7 Å². The third kappa shape index (κ3) is 3.28. The lowest BCUT2D eigenvalue weighted by Gasteiger charge is -2.28. The van der Waals surface area contributed by atoms with Gasteiger partial charge in [0.2, 0.25) is 0 Å². The molecule has 0 spiro atoms. The maximum atomic E-state index is 8.82. The van der Waals surface area contributed by atoms with Crippen LogP contribution in [0.5, 0.6) is 0 Å². The van der Waals surface area contributed by atoms with Gasteiger partial charge in [-0.05, 0) is 55.0 Å². The molecule has 0 amide bonds. The molecule has 0 unspecified atom stereocenters. The lowest BCUT2D eigenvalue weighted by Crippen LogP contribution is -2.29. The molecule has 1 aromatic rings. The molecule has 0 saturated carbocycles. The minimum atomic E-state index is 0.528. The molecule has 2 rings (SSSR count). The number of rotatable bonds is 3. The van der Waals surface area contributed by atoms with Gasteiger partial charge in [0, 0.05) is 18.8 Å². The van der Waals surface area contributed by atoms with Crippen LogP contribution in [0.3, 0.4) is 0 Å². The number of benzene rings is 1. The second-order valence-corrected chi connectivity index (χ2v) is 5.05. The molecule has 1 aromatic carbocycles. The predicted octanol–water partition coefficient (Wildman–Crippen LogP) is 3.15. The van der Waals surface area contributed by atoms with Crippen molar-refractivity contribution in [2.24, 2.45) is 5.14 Å². The van der Waals surface area contributed by atoms with Crippen molar-refractivity contribution in [1.82, 2.24) is 0 Å². The second kappa shape index (κ2) is 6.48. The van der Waals surface area contributed by atoms with E-state index in [9.17, 15) is 0 Å². The van der Waals surface area contributed by atoms with Crippen LogP contribution in [0.25, 0.3) is 6.08 Å². The van der Waals surface area contributed by atoms with E-state index >= 15 is 0 Å². The van der Waals surface area contributed by atoms with Crippen LogP contribution < -0.4 is 10.0 Å². The average molecular weight is 259 g/mol. The third-order valence-electron chi connectivity index (χ3n) is 3.15. The van der Waals surface area contributed by atoms with Gasteiger partial charge in [-0.15, -0.1) is 0 Å². The molecule has 0 atom stereocenters. The Hall–Kier alpha value is -1.44. The van der Waals surface area contributed by atoms with Gasteiger partial charge < -0.3 is 4.90 Å². The summed E-state index contributed by atoms with van der Waals surface area (Å²) in [7, 11) is 0. The number of piperidine rings is 1. The lowest BCUT2D eigenvalue weighted by molar-refractivity contribution is 0.578. The molecule has 4 heteroatoms. The fourth-order valence-corrected chi connectivity index (χ4v) is 2.43. The molecule has 1 aliphatic rings. The average Bonchev–Trinajstić information content (AvgIpc) is 2.46. The molecule has 1 aliphatic heterocycles. The van der Waals surface area contributed by atoms with Gasteiger partial charge in [-0.25, -0.2) is 0 Å². The SMILES string of the molecule is N#C/C(=C\c1ccc(N2CCCCC2)cc1)SN. The standard InChI is InChI=1S/C14H17N3S/c15-11-14(18-16)10-12-4-6-13(7-5-12)17-8-2-1-3-9-17/h4-7,10H,1-3,8-9,16H2/b14-10+. The van der Waals surface area contributed by atoms with Crippen molar-refractivity contribution in [2.45, 2.75) is 19.3 Å². The first-order chi connectivity index (χ1) is 8.83. The normalized spacial score (nSPS) is 16.4. The van der Waals surface area contributed by atoms with Gasteiger partial charge in [-0.2, -0.15) is 5.26 Å². The van der Waals surface area contributed by atoms with Crippen LogP contribution in [0.4, 0.5) is 5.69 Å². The summed E-state index contributed by atoms with van der Waals surface area (Å²) in [6.45, 7) is 2.30. The van der Waals surface area contributed by atoms with Gasteiger partial charge in [0.1, 0.15) is 11.0 Å². The minimum absolute atomic E-state index is 0.528. The summed E-state index contributed by atoms with van der Waals surface area (Å²) in [6.07, 6.45) is 5.72. The molecule has 0 bridgehead atoms. The van der Waals surface area contributed by atoms with Gasteiger partial charge in [0.25, 0.3) is 0 Å². The van der Waals surface area contributed by atoms with Gasteiger partial charge in [0.05, 0.1) is 0 Å². The summed E-state index contributed by atoms with van der Waals surface area (Å²) in [4.78, 5) is 2.94. The molecule has 18 heavy (non-hydrogen) atoms. The highest BCUT2D eigenvalue weighted by atomic mass is 32.2. The summed E-state index contributed by atoms with van der Waals surface area (Å²) >= 11 is 0.987. The molecule has 0 radical (unpaired) electrons.